The smallest absolute Gasteiger partial charge is 0.305 e. The van der Waals surface area contributed by atoms with E-state index in [0.717, 1.165) is 5.56 Å². The van der Waals surface area contributed by atoms with Gasteiger partial charge < -0.3 is 13.9 Å². The number of hydrogen-bond donors (Lipinski definition) is 2. The van der Waals surface area contributed by atoms with Gasteiger partial charge in [0.2, 0.25) is 0 Å². The molecule has 7 nitrogen and oxygen atoms in total. The molecule has 27 heavy (non-hydrogen) atoms. The van der Waals surface area contributed by atoms with E-state index in [1.807, 2.05) is 30.3 Å². The van der Waals surface area contributed by atoms with Crippen molar-refractivity contribution in [2.75, 3.05) is 6.61 Å². The number of amides is 2. The zero-order valence-electron chi connectivity index (χ0n) is 14.4. The van der Waals surface area contributed by atoms with Gasteiger partial charge in [-0.15, -0.1) is 0 Å². The fourth-order valence-electron chi connectivity index (χ4n) is 2.15. The van der Waals surface area contributed by atoms with Crippen LogP contribution in [0.5, 0.6) is 11.5 Å². The highest BCUT2D eigenvalue weighted by atomic mass is 16.5. The number of ether oxygens (including phenoxy) is 2. The quantitative estimate of drug-likeness (QED) is 0.628. The van der Waals surface area contributed by atoms with Crippen molar-refractivity contribution in [2.24, 2.45) is 0 Å². The van der Waals surface area contributed by atoms with Gasteiger partial charge >= 0.3 is 5.91 Å². The molecule has 0 unspecified atom stereocenters. The Bertz CT molecular complexity index is 861. The summed E-state index contributed by atoms with van der Waals surface area (Å²) in [6, 6.07) is 19.8. The van der Waals surface area contributed by atoms with Crippen LogP contribution in [-0.4, -0.2) is 18.4 Å². The number of hydrogen-bond acceptors (Lipinski definition) is 5. The van der Waals surface area contributed by atoms with Crippen molar-refractivity contribution >= 4 is 11.8 Å². The molecule has 0 aliphatic carbocycles. The molecule has 2 amide bonds. The maximum Gasteiger partial charge on any atom is 0.305 e. The van der Waals surface area contributed by atoms with E-state index in [9.17, 15) is 9.59 Å². The topological polar surface area (TPSA) is 89.8 Å². The third kappa shape index (κ3) is 5.64. The van der Waals surface area contributed by atoms with Gasteiger partial charge in [0, 0.05) is 0 Å². The lowest BCUT2D eigenvalue weighted by Crippen LogP contribution is -2.43. The molecule has 1 heterocycles. The first-order valence-electron chi connectivity index (χ1n) is 8.23. The van der Waals surface area contributed by atoms with Crippen LogP contribution in [0.15, 0.2) is 77.4 Å². The zero-order chi connectivity index (χ0) is 18.9. The average Bonchev–Trinajstić information content (AvgIpc) is 3.25. The Hall–Kier alpha value is -3.74. The summed E-state index contributed by atoms with van der Waals surface area (Å²) in [4.78, 5) is 23.3. The van der Waals surface area contributed by atoms with Crippen molar-refractivity contribution < 1.29 is 23.5 Å². The van der Waals surface area contributed by atoms with E-state index in [-0.39, 0.29) is 12.4 Å². The third-order valence-corrected chi connectivity index (χ3v) is 3.50. The van der Waals surface area contributed by atoms with Gasteiger partial charge in [-0.1, -0.05) is 30.3 Å². The Labute approximate surface area is 155 Å². The van der Waals surface area contributed by atoms with Crippen molar-refractivity contribution in [1.29, 1.82) is 0 Å². The standard InChI is InChI=1S/C20H18N2O5/c23-19(21-22-20(24)18-7-4-12-25-18)14-27-17-10-8-16(9-11-17)26-13-15-5-2-1-3-6-15/h1-12H,13-14H2,(H,21,23)(H,22,24). The maximum atomic E-state index is 11.7. The van der Waals surface area contributed by atoms with Crippen LogP contribution in [0.2, 0.25) is 0 Å². The van der Waals surface area contributed by atoms with Crippen molar-refractivity contribution in [3.05, 3.63) is 84.3 Å². The van der Waals surface area contributed by atoms with Crippen LogP contribution < -0.4 is 20.3 Å². The number of rotatable bonds is 7. The van der Waals surface area contributed by atoms with E-state index >= 15 is 0 Å². The van der Waals surface area contributed by atoms with E-state index in [4.69, 9.17) is 13.9 Å². The molecule has 2 N–H and O–H groups in total. The number of benzene rings is 2. The minimum absolute atomic E-state index is 0.0994. The molecule has 1 aromatic heterocycles. The molecule has 0 radical (unpaired) electrons. The molecule has 7 heteroatoms. The third-order valence-electron chi connectivity index (χ3n) is 3.50. The number of hydrazine groups is 1. The molecular weight excluding hydrogens is 348 g/mol. The first-order chi connectivity index (χ1) is 13.2. The second-order valence-electron chi connectivity index (χ2n) is 5.51. The first kappa shape index (κ1) is 18.1. The monoisotopic (exact) mass is 366 g/mol. The summed E-state index contributed by atoms with van der Waals surface area (Å²) in [7, 11) is 0. The molecular formula is C20H18N2O5. The Balaban J connectivity index is 1.39. The maximum absolute atomic E-state index is 11.7. The van der Waals surface area contributed by atoms with Crippen LogP contribution in [0.3, 0.4) is 0 Å². The number of nitrogens with one attached hydrogen (secondary N) is 2. The molecule has 0 saturated carbocycles. The van der Waals surface area contributed by atoms with Gasteiger partial charge in [-0.05, 0) is 42.0 Å². The van der Waals surface area contributed by atoms with Crippen LogP contribution in [0.25, 0.3) is 0 Å². The van der Waals surface area contributed by atoms with E-state index in [0.29, 0.717) is 18.1 Å². The predicted octanol–water partition coefficient (Wildman–Crippen LogP) is 2.70. The molecule has 0 atom stereocenters. The van der Waals surface area contributed by atoms with Gasteiger partial charge in [-0.3, -0.25) is 20.4 Å². The summed E-state index contributed by atoms with van der Waals surface area (Å²) in [6.07, 6.45) is 1.37. The van der Waals surface area contributed by atoms with Gasteiger partial charge in [0.05, 0.1) is 6.26 Å². The van der Waals surface area contributed by atoms with Gasteiger partial charge in [0.1, 0.15) is 18.1 Å². The van der Waals surface area contributed by atoms with E-state index < -0.39 is 11.8 Å². The van der Waals surface area contributed by atoms with Gasteiger partial charge in [-0.2, -0.15) is 0 Å². The van der Waals surface area contributed by atoms with Crippen molar-refractivity contribution in [2.45, 2.75) is 6.61 Å². The van der Waals surface area contributed by atoms with Crippen molar-refractivity contribution in [1.82, 2.24) is 10.9 Å². The Morgan fingerprint density at radius 2 is 1.52 bits per heavy atom. The summed E-state index contributed by atoms with van der Waals surface area (Å²) in [5, 5.41) is 0. The average molecular weight is 366 g/mol. The minimum Gasteiger partial charge on any atom is -0.489 e. The Kier molecular flexibility index (Phi) is 6.08. The van der Waals surface area contributed by atoms with Crippen LogP contribution in [0.4, 0.5) is 0 Å². The number of carbonyl (C=O) groups is 2. The van der Waals surface area contributed by atoms with Crippen molar-refractivity contribution in [3.63, 3.8) is 0 Å². The van der Waals surface area contributed by atoms with Gasteiger partial charge in [0.25, 0.3) is 5.91 Å². The largest absolute Gasteiger partial charge is 0.489 e. The summed E-state index contributed by atoms with van der Waals surface area (Å²) in [5.74, 6) is 0.255. The number of furan rings is 1. The molecule has 0 saturated heterocycles. The second-order valence-corrected chi connectivity index (χ2v) is 5.51. The van der Waals surface area contributed by atoms with E-state index in [1.54, 1.807) is 30.3 Å². The predicted molar refractivity (Wildman–Crippen MR) is 97.0 cm³/mol. The van der Waals surface area contributed by atoms with Crippen LogP contribution in [0.1, 0.15) is 16.1 Å². The summed E-state index contributed by atoms with van der Waals surface area (Å²) in [5.41, 5.74) is 5.55. The molecule has 0 aliphatic rings. The Morgan fingerprint density at radius 1 is 0.815 bits per heavy atom. The highest BCUT2D eigenvalue weighted by Crippen LogP contribution is 2.18. The Morgan fingerprint density at radius 3 is 2.19 bits per heavy atom. The first-order valence-corrected chi connectivity index (χ1v) is 8.23. The molecule has 0 aliphatic heterocycles. The molecule has 138 valence electrons. The van der Waals surface area contributed by atoms with E-state index in [1.165, 1.54) is 12.3 Å². The molecule has 0 spiro atoms. The fourth-order valence-corrected chi connectivity index (χ4v) is 2.15. The normalized spacial score (nSPS) is 10.1. The fraction of sp³-hybridized carbons (Fsp3) is 0.100. The lowest BCUT2D eigenvalue weighted by molar-refractivity contribution is -0.123. The minimum atomic E-state index is -0.548. The highest BCUT2D eigenvalue weighted by molar-refractivity contribution is 5.92. The molecule has 0 fully saturated rings. The lowest BCUT2D eigenvalue weighted by Gasteiger charge is -2.09. The van der Waals surface area contributed by atoms with Crippen LogP contribution >= 0.6 is 0 Å². The van der Waals surface area contributed by atoms with Crippen LogP contribution in [0, 0.1) is 0 Å². The van der Waals surface area contributed by atoms with Crippen molar-refractivity contribution in [3.8, 4) is 11.5 Å². The SMILES string of the molecule is O=C(COc1ccc(OCc2ccccc2)cc1)NNC(=O)c1ccco1. The molecule has 3 aromatic rings. The van der Waals surface area contributed by atoms with Gasteiger partial charge in [-0.25, -0.2) is 0 Å². The van der Waals surface area contributed by atoms with Gasteiger partial charge in [0.15, 0.2) is 12.4 Å². The zero-order valence-corrected chi connectivity index (χ0v) is 14.4. The number of carbonyl (C=O) groups excluding carboxylic acids is 2. The summed E-state index contributed by atoms with van der Waals surface area (Å²) < 4.78 is 16.0. The highest BCUT2D eigenvalue weighted by Gasteiger charge is 2.10. The summed E-state index contributed by atoms with van der Waals surface area (Å²) in [6.45, 7) is 0.224. The summed E-state index contributed by atoms with van der Waals surface area (Å²) >= 11 is 0. The van der Waals surface area contributed by atoms with Crippen LogP contribution in [-0.2, 0) is 11.4 Å². The molecule has 3 rings (SSSR count). The molecule has 2 aromatic carbocycles. The lowest BCUT2D eigenvalue weighted by atomic mass is 10.2. The molecule has 0 bridgehead atoms. The second kappa shape index (κ2) is 9.10. The van der Waals surface area contributed by atoms with E-state index in [2.05, 4.69) is 10.9 Å².